The first kappa shape index (κ1) is 67.6. The SMILES string of the molecule is Cc1c(F)c(N2CCC(CNC(=O)C(F)(F)F)C2)c(C)c2c1ccc(=O)n2C1CC1.Cc1c(F)c(N2CCC(CNC(=O)OC(C)(C)C)C2)c(C)c2c1ccc(=O)n2C1CC1.Cc1c(N2CCC(CNC(=O)OC(C)(C)C)C2)c(F)c(Br)c2ccc(=O)n(C3CC3)c12. The maximum Gasteiger partial charge on any atom is 0.471 e. The van der Waals surface area contributed by atoms with E-state index in [1.807, 2.05) is 79.6 Å². The summed E-state index contributed by atoms with van der Waals surface area (Å²) in [7, 11) is 0. The van der Waals surface area contributed by atoms with Crippen LogP contribution < -0.4 is 47.3 Å². The Morgan fingerprint density at radius 1 is 0.467 bits per heavy atom. The van der Waals surface area contributed by atoms with E-state index < -0.39 is 35.5 Å². The van der Waals surface area contributed by atoms with Gasteiger partial charge in [0.05, 0.1) is 38.1 Å². The van der Waals surface area contributed by atoms with Gasteiger partial charge < -0.3 is 53.8 Å². The molecule has 3 atom stereocenters. The lowest BCUT2D eigenvalue weighted by Crippen LogP contribution is -2.39. The molecule has 92 heavy (non-hydrogen) atoms. The van der Waals surface area contributed by atoms with Crippen LogP contribution >= 0.6 is 15.9 Å². The van der Waals surface area contributed by atoms with Crippen molar-refractivity contribution in [2.24, 2.45) is 17.8 Å². The molecule has 0 radical (unpaired) electrons. The molecule has 3 saturated heterocycles. The van der Waals surface area contributed by atoms with Gasteiger partial charge in [-0.15, -0.1) is 0 Å². The van der Waals surface area contributed by atoms with Gasteiger partial charge in [0.15, 0.2) is 5.82 Å². The van der Waals surface area contributed by atoms with Crippen molar-refractivity contribution in [1.82, 2.24) is 29.7 Å². The third-order valence-corrected chi connectivity index (χ3v) is 19.0. The minimum atomic E-state index is -4.91. The number of alkyl halides is 3. The number of pyridine rings is 3. The third kappa shape index (κ3) is 14.6. The normalized spacial score (nSPS) is 19.3. The Hall–Kier alpha value is -7.24. The van der Waals surface area contributed by atoms with Gasteiger partial charge in [-0.05, 0) is 214 Å². The topological polar surface area (TPSA) is 181 Å². The van der Waals surface area contributed by atoms with Gasteiger partial charge in [0.1, 0.15) is 22.8 Å². The molecule has 6 aliphatic rings. The van der Waals surface area contributed by atoms with Crippen LogP contribution in [-0.2, 0) is 14.3 Å². The predicted octanol–water partition coefficient (Wildman–Crippen LogP) is 12.9. The molecule has 3 aliphatic heterocycles. The van der Waals surface area contributed by atoms with E-state index in [-0.39, 0.29) is 76.6 Å². The first-order valence-corrected chi connectivity index (χ1v) is 32.8. The second kappa shape index (κ2) is 26.3. The Morgan fingerprint density at radius 2 is 0.772 bits per heavy atom. The number of ether oxygens (including phenoxy) is 2. The fraction of sp³-hybridized carbons (Fsp3) is 0.559. The molecule has 3 aromatic heterocycles. The highest BCUT2D eigenvalue weighted by Gasteiger charge is 2.40. The third-order valence-electron chi connectivity index (χ3n) is 18.2. The summed E-state index contributed by atoms with van der Waals surface area (Å²) in [6, 6.07) is 10.2. The summed E-state index contributed by atoms with van der Waals surface area (Å²) >= 11 is 3.44. The van der Waals surface area contributed by atoms with Crippen LogP contribution in [0.4, 0.5) is 53.0 Å². The zero-order valence-electron chi connectivity index (χ0n) is 54.3. The van der Waals surface area contributed by atoms with Crippen molar-refractivity contribution >= 4 is 83.8 Å². The predicted molar refractivity (Wildman–Crippen MR) is 349 cm³/mol. The number of amides is 3. The average Bonchev–Trinajstić information content (AvgIpc) is 1.28. The number of anilines is 3. The Labute approximate surface area is 539 Å². The Balaban J connectivity index is 0.000000151. The lowest BCUT2D eigenvalue weighted by molar-refractivity contribution is -0.173. The molecular weight excluding hydrogens is 1260 g/mol. The number of benzene rings is 3. The van der Waals surface area contributed by atoms with Crippen LogP contribution in [0.3, 0.4) is 0 Å². The summed E-state index contributed by atoms with van der Waals surface area (Å²) in [5.74, 6) is -2.66. The molecule has 6 fully saturated rings. The van der Waals surface area contributed by atoms with Gasteiger partial charge in [-0.2, -0.15) is 13.2 Å². The van der Waals surface area contributed by atoms with Crippen molar-refractivity contribution in [3.8, 4) is 0 Å². The van der Waals surface area contributed by atoms with Crippen LogP contribution in [0, 0.1) is 69.8 Å². The highest BCUT2D eigenvalue weighted by atomic mass is 79.9. The molecule has 24 heteroatoms. The monoisotopic (exact) mass is 1350 g/mol. The molecule has 3 unspecified atom stereocenters. The van der Waals surface area contributed by atoms with Crippen LogP contribution in [0.2, 0.25) is 0 Å². The van der Waals surface area contributed by atoms with Gasteiger partial charge in [-0.1, -0.05) is 0 Å². The number of rotatable bonds is 12. The summed E-state index contributed by atoms with van der Waals surface area (Å²) in [4.78, 5) is 78.6. The number of nitrogens with one attached hydrogen (secondary N) is 3. The number of nitrogens with zero attached hydrogens (tertiary/aromatic N) is 6. The first-order valence-electron chi connectivity index (χ1n) is 32.0. The number of halogens is 7. The van der Waals surface area contributed by atoms with E-state index in [1.54, 1.807) is 49.6 Å². The van der Waals surface area contributed by atoms with Crippen LogP contribution in [-0.4, -0.2) is 108 Å². The molecule has 3 aromatic carbocycles. The van der Waals surface area contributed by atoms with Crippen molar-refractivity contribution in [2.75, 3.05) is 73.6 Å². The van der Waals surface area contributed by atoms with Crippen molar-refractivity contribution in [2.45, 2.75) is 169 Å². The van der Waals surface area contributed by atoms with Gasteiger partial charge in [-0.25, -0.2) is 22.8 Å². The smallest absolute Gasteiger partial charge is 0.444 e. The van der Waals surface area contributed by atoms with Gasteiger partial charge in [0.2, 0.25) is 0 Å². The number of hydrogen-bond acceptors (Lipinski definition) is 11. The van der Waals surface area contributed by atoms with E-state index in [4.69, 9.17) is 9.47 Å². The van der Waals surface area contributed by atoms with Gasteiger partial charge in [0.25, 0.3) is 16.7 Å². The number of alkyl carbamates (subject to hydrolysis) is 2. The molecule has 3 saturated carbocycles. The Bertz CT molecular complexity index is 3890. The van der Waals surface area contributed by atoms with Gasteiger partial charge >= 0.3 is 24.3 Å². The Morgan fingerprint density at radius 3 is 1.09 bits per heavy atom. The summed E-state index contributed by atoms with van der Waals surface area (Å²) in [5.41, 5.74) is 6.00. The quantitative estimate of drug-likeness (QED) is 0.0992. The van der Waals surface area contributed by atoms with E-state index in [0.29, 0.717) is 102 Å². The maximum atomic E-state index is 15.5. The summed E-state index contributed by atoms with van der Waals surface area (Å²) in [5, 5.41) is 9.82. The van der Waals surface area contributed by atoms with Crippen LogP contribution in [0.5, 0.6) is 0 Å². The van der Waals surface area contributed by atoms with Crippen LogP contribution in [0.25, 0.3) is 32.7 Å². The molecule has 0 bridgehead atoms. The molecule has 498 valence electrons. The number of aromatic nitrogens is 3. The second-order valence-corrected chi connectivity index (χ2v) is 28.6. The molecule has 3 amide bonds. The largest absolute Gasteiger partial charge is 0.471 e. The van der Waals surface area contributed by atoms with Crippen molar-refractivity contribution in [1.29, 1.82) is 0 Å². The fourth-order valence-corrected chi connectivity index (χ4v) is 14.0. The lowest BCUT2D eigenvalue weighted by Gasteiger charge is -2.26. The number of carbonyl (C=O) groups is 3. The second-order valence-electron chi connectivity index (χ2n) is 27.8. The maximum absolute atomic E-state index is 15.5. The van der Waals surface area contributed by atoms with Crippen molar-refractivity contribution in [3.63, 3.8) is 0 Å². The minimum Gasteiger partial charge on any atom is -0.444 e. The minimum absolute atomic E-state index is 0.0177. The standard InChI is InChI=1S/C24H32FN3O3.C23H29BrFN3O3.C21H23F4N3O2/c1-14-18-8-9-19(29)28(17-6-7-17)21(18)15(2)22(20(14)25)27-11-10-16(13-27)12-26-23(30)31-24(3,4)5;1-13-20-16(7-8-17(29)28(20)15-5-6-15)18(24)19(25)21(13)27-10-9-14(12-27)11-26-22(30)31-23(2,3)4;1-11-15-5-6-16(29)28(14-3-4-14)18(15)12(2)19(17(11)22)27-8-7-13(10-27)9-26-20(30)21(23,24)25/h8-9,16-17H,6-7,10-13H2,1-5H3,(H,26,30);7-8,14-15H,5-6,9-12H2,1-4H3,(H,26,30);5-6,13-14H,3-4,7-10H2,1-2H3,(H,26,30). The Kier molecular flexibility index (Phi) is 19.3. The zero-order valence-corrected chi connectivity index (χ0v) is 55.8. The fourth-order valence-electron chi connectivity index (χ4n) is 13.5. The van der Waals surface area contributed by atoms with Crippen LogP contribution in [0.1, 0.15) is 145 Å². The van der Waals surface area contributed by atoms with E-state index in [9.17, 15) is 41.9 Å². The number of carbonyl (C=O) groups excluding carboxylic acids is 3. The molecule has 6 aromatic rings. The number of aryl methyl sites for hydroxylation is 5. The number of hydrogen-bond donors (Lipinski definition) is 3. The molecule has 12 rings (SSSR count). The van der Waals surface area contributed by atoms with E-state index in [1.165, 1.54) is 12.1 Å². The molecule has 17 nitrogen and oxygen atoms in total. The summed E-state index contributed by atoms with van der Waals surface area (Å²) in [6.45, 7) is 24.4. The van der Waals surface area contributed by atoms with Crippen molar-refractivity contribution in [3.05, 3.63) is 117 Å². The van der Waals surface area contributed by atoms with E-state index in [0.717, 1.165) is 89.8 Å². The summed E-state index contributed by atoms with van der Waals surface area (Å²) < 4.78 is 100.0. The number of fused-ring (bicyclic) bond motifs is 3. The summed E-state index contributed by atoms with van der Waals surface area (Å²) in [6.07, 6.45) is 2.22. The van der Waals surface area contributed by atoms with Crippen molar-refractivity contribution < 1.29 is 50.2 Å². The van der Waals surface area contributed by atoms with Crippen LogP contribution in [0.15, 0.2) is 55.3 Å². The molecular formula is C68H84BrF6N9O8. The van der Waals surface area contributed by atoms with Gasteiger partial charge in [-0.3, -0.25) is 19.2 Å². The lowest BCUT2D eigenvalue weighted by atomic mass is 10.0. The molecule has 0 spiro atoms. The van der Waals surface area contributed by atoms with E-state index in [2.05, 4.69) is 31.5 Å². The first-order chi connectivity index (χ1) is 43.2. The zero-order chi connectivity index (χ0) is 66.8. The average molecular weight is 1350 g/mol. The molecule has 3 aliphatic carbocycles. The molecule has 6 heterocycles. The van der Waals surface area contributed by atoms with Gasteiger partial charge in [0, 0.05) is 111 Å². The highest BCUT2D eigenvalue weighted by molar-refractivity contribution is 9.10. The highest BCUT2D eigenvalue weighted by Crippen LogP contribution is 2.46. The molecule has 3 N–H and O–H groups in total. The van der Waals surface area contributed by atoms with E-state index >= 15 is 13.2 Å².